The summed E-state index contributed by atoms with van der Waals surface area (Å²) < 4.78 is 5.86. The number of halogens is 1. The molecule has 0 N–H and O–H groups in total. The lowest BCUT2D eigenvalue weighted by Crippen LogP contribution is -2.34. The monoisotopic (exact) mass is 357 g/mol. The number of hydrogen-bond donors (Lipinski definition) is 0. The molecule has 0 spiro atoms. The third kappa shape index (κ3) is 3.46. The van der Waals surface area contributed by atoms with E-state index in [4.69, 9.17) is 16.3 Å². The van der Waals surface area contributed by atoms with Crippen LogP contribution in [0, 0.1) is 0 Å². The van der Waals surface area contributed by atoms with Crippen LogP contribution in [0.1, 0.15) is 22.6 Å². The van der Waals surface area contributed by atoms with Crippen molar-refractivity contribution in [3.63, 3.8) is 0 Å². The van der Waals surface area contributed by atoms with E-state index in [1.807, 2.05) is 12.3 Å². The Hall–Kier alpha value is -2.17. The van der Waals surface area contributed by atoms with E-state index in [0.29, 0.717) is 0 Å². The molecule has 0 heterocycles. The number of carbonyl (C=O) groups excluding carboxylic acids is 1. The Morgan fingerprint density at radius 1 is 1.16 bits per heavy atom. The Labute approximate surface area is 153 Å². The van der Waals surface area contributed by atoms with Crippen LogP contribution in [0.4, 0.5) is 10.5 Å². The fourth-order valence-electron chi connectivity index (χ4n) is 3.34. The van der Waals surface area contributed by atoms with Crippen LogP contribution in [0.5, 0.6) is 0 Å². The molecule has 1 aliphatic rings. The Morgan fingerprint density at radius 2 is 1.92 bits per heavy atom. The summed E-state index contributed by atoms with van der Waals surface area (Å²) in [6.45, 7) is 0.240. The van der Waals surface area contributed by atoms with Gasteiger partial charge in [-0.25, -0.2) is 4.79 Å². The fourth-order valence-corrected chi connectivity index (χ4v) is 3.40. The number of fused-ring (bicyclic) bond motifs is 3. The smallest absolute Gasteiger partial charge is 0.403 e. The summed E-state index contributed by atoms with van der Waals surface area (Å²) in [5.74, 6) is -0.00758. The normalized spacial score (nSPS) is 16.0. The Balaban J connectivity index is 2.13. The van der Waals surface area contributed by atoms with Crippen LogP contribution in [0.3, 0.4) is 0 Å². The van der Waals surface area contributed by atoms with Gasteiger partial charge >= 0.3 is 5.43 Å². The summed E-state index contributed by atoms with van der Waals surface area (Å²) in [4.78, 5) is 15.2. The van der Waals surface area contributed by atoms with Crippen molar-refractivity contribution in [2.24, 2.45) is 4.99 Å². The highest BCUT2D eigenvalue weighted by molar-refractivity contribution is 6.61. The van der Waals surface area contributed by atoms with Crippen LogP contribution >= 0.6 is 11.6 Å². The van der Waals surface area contributed by atoms with E-state index >= 15 is 0 Å². The molecule has 0 bridgehead atoms. The summed E-state index contributed by atoms with van der Waals surface area (Å²) in [6, 6.07) is 12.8. The molecular weight excluding hydrogens is 336 g/mol. The molecule has 5 heteroatoms. The molecule has 0 amide bonds. The van der Waals surface area contributed by atoms with Gasteiger partial charge in [-0.05, 0) is 46.0 Å². The highest BCUT2D eigenvalue weighted by Crippen LogP contribution is 2.46. The first-order valence-electron chi connectivity index (χ1n) is 8.16. The molecule has 4 nitrogen and oxygen atoms in total. The first-order chi connectivity index (χ1) is 11.8. The molecule has 2 aromatic carbocycles. The molecule has 0 saturated heterocycles. The van der Waals surface area contributed by atoms with E-state index < -0.39 is 5.43 Å². The molecule has 0 radical (unpaired) electrons. The van der Waals surface area contributed by atoms with Gasteiger partial charge in [0.05, 0.1) is 21.1 Å². The van der Waals surface area contributed by atoms with E-state index in [-0.39, 0.29) is 12.5 Å². The number of benzene rings is 2. The van der Waals surface area contributed by atoms with Crippen molar-refractivity contribution < 1.29 is 9.53 Å². The minimum Gasteiger partial charge on any atom is -0.453 e. The highest BCUT2D eigenvalue weighted by atomic mass is 35.5. The quantitative estimate of drug-likeness (QED) is 0.461. The number of hydrogen-bond acceptors (Lipinski definition) is 3. The van der Waals surface area contributed by atoms with Crippen LogP contribution in [0.2, 0.25) is 0 Å². The molecule has 25 heavy (non-hydrogen) atoms. The lowest BCUT2D eigenvalue weighted by Gasteiger charge is -2.24. The Morgan fingerprint density at radius 3 is 2.56 bits per heavy atom. The second-order valence-electron chi connectivity index (χ2n) is 7.12. The van der Waals surface area contributed by atoms with Gasteiger partial charge in [0.1, 0.15) is 12.3 Å². The SMILES string of the molecule is CN=Cc1ccc2c(c1)-c1ccc([N+](C)(C)C)cc1C2COC(=O)Cl. The molecule has 2 aromatic rings. The number of aliphatic imine (C=N–C) groups is 1. The zero-order valence-electron chi connectivity index (χ0n) is 14.9. The Bertz CT molecular complexity index is 853. The standard InChI is InChI=1S/C20H22ClN2O2/c1-22-11-13-5-7-16-17(9-13)15-8-6-14(23(2,3)4)10-18(15)19(16)12-25-20(21)24/h5-11,19H,12H2,1-4H3/q+1. The molecule has 0 aromatic heterocycles. The van der Waals surface area contributed by atoms with Crippen molar-refractivity contribution in [3.8, 4) is 11.1 Å². The first kappa shape index (κ1) is 17.6. The molecule has 130 valence electrons. The average Bonchev–Trinajstić information content (AvgIpc) is 2.85. The van der Waals surface area contributed by atoms with E-state index in [0.717, 1.165) is 21.2 Å². The van der Waals surface area contributed by atoms with Crippen molar-refractivity contribution in [2.45, 2.75) is 5.92 Å². The maximum atomic E-state index is 11.1. The first-order valence-corrected chi connectivity index (χ1v) is 8.53. The van der Waals surface area contributed by atoms with Crippen LogP contribution < -0.4 is 4.48 Å². The molecule has 0 aliphatic heterocycles. The number of rotatable bonds is 4. The number of ether oxygens (including phenoxy) is 1. The summed E-state index contributed by atoms with van der Waals surface area (Å²) in [6.07, 6.45) is 1.84. The molecule has 0 fully saturated rings. The van der Waals surface area contributed by atoms with Gasteiger partial charge in [-0.2, -0.15) is 0 Å². The maximum Gasteiger partial charge on any atom is 0.403 e. The highest BCUT2D eigenvalue weighted by Gasteiger charge is 2.31. The van der Waals surface area contributed by atoms with Gasteiger partial charge in [0, 0.05) is 36.8 Å². The minimum absolute atomic E-state index is 0.00758. The lowest BCUT2D eigenvalue weighted by atomic mass is 9.97. The van der Waals surface area contributed by atoms with Gasteiger partial charge in [0.25, 0.3) is 0 Å². The zero-order valence-corrected chi connectivity index (χ0v) is 15.7. The van der Waals surface area contributed by atoms with E-state index in [1.165, 1.54) is 16.8 Å². The predicted molar refractivity (Wildman–Crippen MR) is 104 cm³/mol. The molecule has 1 unspecified atom stereocenters. The van der Waals surface area contributed by atoms with Crippen LogP contribution in [-0.2, 0) is 4.74 Å². The molecule has 1 aliphatic carbocycles. The number of quaternary nitrogens is 1. The molecule has 0 saturated carbocycles. The van der Waals surface area contributed by atoms with Crippen molar-refractivity contribution in [1.29, 1.82) is 0 Å². The van der Waals surface area contributed by atoms with Crippen LogP contribution in [0.15, 0.2) is 41.4 Å². The van der Waals surface area contributed by atoms with Crippen molar-refractivity contribution >= 4 is 28.9 Å². The van der Waals surface area contributed by atoms with Gasteiger partial charge in [-0.15, -0.1) is 0 Å². The molecular formula is C20H22ClN2O2+. The second kappa shape index (κ2) is 6.62. The predicted octanol–water partition coefficient (Wildman–Crippen LogP) is 4.42. The zero-order chi connectivity index (χ0) is 18.2. The van der Waals surface area contributed by atoms with Gasteiger partial charge in [0.2, 0.25) is 0 Å². The average molecular weight is 358 g/mol. The molecule has 1 atom stereocenters. The van der Waals surface area contributed by atoms with Gasteiger partial charge < -0.3 is 4.74 Å². The van der Waals surface area contributed by atoms with E-state index in [9.17, 15) is 4.79 Å². The van der Waals surface area contributed by atoms with Gasteiger partial charge in [-0.1, -0.05) is 12.1 Å². The Kier molecular flexibility index (Phi) is 4.67. The van der Waals surface area contributed by atoms with Crippen molar-refractivity contribution in [1.82, 2.24) is 4.48 Å². The summed E-state index contributed by atoms with van der Waals surface area (Å²) >= 11 is 5.40. The van der Waals surface area contributed by atoms with Crippen molar-refractivity contribution in [3.05, 3.63) is 53.1 Å². The summed E-state index contributed by atoms with van der Waals surface area (Å²) in [7, 11) is 8.16. The third-order valence-electron chi connectivity index (χ3n) is 4.57. The number of carbonyl (C=O) groups is 1. The summed E-state index contributed by atoms with van der Waals surface area (Å²) in [5.41, 5.74) is 6.14. The minimum atomic E-state index is -0.771. The van der Waals surface area contributed by atoms with Crippen LogP contribution in [-0.4, -0.2) is 46.4 Å². The van der Waals surface area contributed by atoms with Gasteiger partial charge in [0.15, 0.2) is 0 Å². The second-order valence-corrected chi connectivity index (χ2v) is 7.43. The molecule has 3 rings (SSSR count). The lowest BCUT2D eigenvalue weighted by molar-refractivity contribution is 0.170. The summed E-state index contributed by atoms with van der Waals surface area (Å²) in [5, 5.41) is 0. The maximum absolute atomic E-state index is 11.1. The van der Waals surface area contributed by atoms with Gasteiger partial charge in [-0.3, -0.25) is 9.48 Å². The van der Waals surface area contributed by atoms with E-state index in [1.54, 1.807) is 7.05 Å². The topological polar surface area (TPSA) is 38.7 Å². The van der Waals surface area contributed by atoms with E-state index in [2.05, 4.69) is 56.5 Å². The fraction of sp³-hybridized carbons (Fsp3) is 0.300. The largest absolute Gasteiger partial charge is 0.453 e. The third-order valence-corrected chi connectivity index (χ3v) is 4.68. The number of nitrogens with zero attached hydrogens (tertiary/aromatic N) is 2. The van der Waals surface area contributed by atoms with Crippen LogP contribution in [0.25, 0.3) is 11.1 Å². The van der Waals surface area contributed by atoms with Crippen molar-refractivity contribution in [2.75, 3.05) is 34.8 Å².